The van der Waals surface area contributed by atoms with Crippen molar-refractivity contribution in [1.82, 2.24) is 20.4 Å². The zero-order valence-electron chi connectivity index (χ0n) is 19.0. The van der Waals surface area contributed by atoms with Gasteiger partial charge < -0.3 is 10.6 Å². The maximum atomic E-state index is 13.5. The normalized spacial score (nSPS) is 17.5. The standard InChI is InChI=1S/C26H24F4N4O/c1-16(32-24(35)22-10-11-34(33-22)26(28,29)30)17-2-4-18(5-3-17)23(19-6-8-21(27)9-7-19)20-12-25(13-20)14-31-15-25/h2-11,16,31H,12-15H2,1H3,(H,32,35)/t16-/m1/s1. The van der Waals surface area contributed by atoms with E-state index in [4.69, 9.17) is 0 Å². The van der Waals surface area contributed by atoms with Crippen LogP contribution in [0.5, 0.6) is 0 Å². The summed E-state index contributed by atoms with van der Waals surface area (Å²) < 4.78 is 51.5. The number of alkyl halides is 3. The number of rotatable bonds is 5. The Bertz CT molecular complexity index is 1260. The van der Waals surface area contributed by atoms with Crippen molar-refractivity contribution in [3.63, 3.8) is 0 Å². The van der Waals surface area contributed by atoms with Crippen molar-refractivity contribution in [3.8, 4) is 0 Å². The predicted octanol–water partition coefficient (Wildman–Crippen LogP) is 5.17. The van der Waals surface area contributed by atoms with Crippen LogP contribution in [0.3, 0.4) is 0 Å². The first kappa shape index (κ1) is 23.3. The summed E-state index contributed by atoms with van der Waals surface area (Å²) in [5.74, 6) is -0.973. The summed E-state index contributed by atoms with van der Waals surface area (Å²) in [7, 11) is 0. The Morgan fingerprint density at radius 2 is 1.63 bits per heavy atom. The second kappa shape index (κ2) is 8.64. The molecule has 0 unspecified atom stereocenters. The first-order valence-corrected chi connectivity index (χ1v) is 11.4. The topological polar surface area (TPSA) is 59.0 Å². The van der Waals surface area contributed by atoms with Gasteiger partial charge in [0.1, 0.15) is 11.5 Å². The van der Waals surface area contributed by atoms with E-state index >= 15 is 0 Å². The quantitative estimate of drug-likeness (QED) is 0.491. The summed E-state index contributed by atoms with van der Waals surface area (Å²) in [6.45, 7) is 3.79. The molecule has 1 atom stereocenters. The molecule has 2 aliphatic rings. The fourth-order valence-electron chi connectivity index (χ4n) is 4.83. The molecule has 9 heteroatoms. The smallest absolute Gasteiger partial charge is 0.344 e. The Kier molecular flexibility index (Phi) is 5.75. The van der Waals surface area contributed by atoms with Gasteiger partial charge in [0.15, 0.2) is 0 Å². The molecule has 1 aliphatic heterocycles. The van der Waals surface area contributed by atoms with Crippen LogP contribution in [0.15, 0.2) is 66.4 Å². The third-order valence-electron chi connectivity index (χ3n) is 6.79. The summed E-state index contributed by atoms with van der Waals surface area (Å²) in [5, 5.41) is 9.34. The van der Waals surface area contributed by atoms with Crippen molar-refractivity contribution in [2.75, 3.05) is 13.1 Å². The Morgan fingerprint density at radius 3 is 2.14 bits per heavy atom. The van der Waals surface area contributed by atoms with Gasteiger partial charge in [-0.25, -0.2) is 4.39 Å². The zero-order valence-corrected chi connectivity index (χ0v) is 19.0. The van der Waals surface area contributed by atoms with Gasteiger partial charge in [-0.1, -0.05) is 42.0 Å². The number of hydrogen-bond donors (Lipinski definition) is 2. The first-order valence-electron chi connectivity index (χ1n) is 11.4. The van der Waals surface area contributed by atoms with Crippen molar-refractivity contribution in [2.45, 2.75) is 32.1 Å². The van der Waals surface area contributed by atoms with E-state index in [0.717, 1.165) is 54.3 Å². The molecule has 2 N–H and O–H groups in total. The fraction of sp³-hybridized carbons (Fsp3) is 0.308. The van der Waals surface area contributed by atoms with Crippen molar-refractivity contribution in [2.24, 2.45) is 5.41 Å². The minimum Gasteiger partial charge on any atom is -0.344 e. The van der Waals surface area contributed by atoms with Gasteiger partial charge in [-0.3, -0.25) is 4.79 Å². The number of nitrogens with zero attached hydrogens (tertiary/aromatic N) is 2. The minimum absolute atomic E-state index is 0.198. The molecule has 1 saturated heterocycles. The molecule has 2 aromatic carbocycles. The van der Waals surface area contributed by atoms with Crippen molar-refractivity contribution in [3.05, 3.63) is 94.6 Å². The molecule has 1 saturated carbocycles. The highest BCUT2D eigenvalue weighted by Crippen LogP contribution is 2.51. The lowest BCUT2D eigenvalue weighted by atomic mass is 9.60. The summed E-state index contributed by atoms with van der Waals surface area (Å²) in [5.41, 5.74) is 5.24. The SMILES string of the molecule is C[C@@H](NC(=O)c1ccn(C(F)(F)F)n1)c1ccc(C(=C2CC3(CNC3)C2)c2ccc(F)cc2)cc1. The number of carbonyl (C=O) groups excluding carboxylic acids is 1. The monoisotopic (exact) mass is 484 g/mol. The second-order valence-corrected chi connectivity index (χ2v) is 9.37. The maximum Gasteiger partial charge on any atom is 0.504 e. The number of carbonyl (C=O) groups is 1. The number of amides is 1. The number of aromatic nitrogens is 2. The van der Waals surface area contributed by atoms with E-state index in [9.17, 15) is 22.4 Å². The molecule has 5 rings (SSSR count). The van der Waals surface area contributed by atoms with Gasteiger partial charge in [0, 0.05) is 24.7 Å². The summed E-state index contributed by atoms with van der Waals surface area (Å²) >= 11 is 0. The van der Waals surface area contributed by atoms with Gasteiger partial charge in [0.2, 0.25) is 0 Å². The number of allylic oxidation sites excluding steroid dienone is 1. The van der Waals surface area contributed by atoms with Crippen LogP contribution in [0.1, 0.15) is 53.0 Å². The Hall–Kier alpha value is -3.46. The van der Waals surface area contributed by atoms with Crippen LogP contribution in [0.4, 0.5) is 17.6 Å². The van der Waals surface area contributed by atoms with E-state index in [-0.39, 0.29) is 16.2 Å². The summed E-state index contributed by atoms with van der Waals surface area (Å²) in [4.78, 5) is 12.4. The van der Waals surface area contributed by atoms with Crippen LogP contribution in [-0.4, -0.2) is 28.8 Å². The van der Waals surface area contributed by atoms with Gasteiger partial charge in [0.25, 0.3) is 5.91 Å². The highest BCUT2D eigenvalue weighted by Gasteiger charge is 2.46. The third-order valence-corrected chi connectivity index (χ3v) is 6.79. The van der Waals surface area contributed by atoms with Gasteiger partial charge in [0.05, 0.1) is 6.04 Å². The maximum absolute atomic E-state index is 13.5. The Labute approximate surface area is 199 Å². The van der Waals surface area contributed by atoms with Crippen molar-refractivity contribution < 1.29 is 22.4 Å². The lowest BCUT2D eigenvalue weighted by Gasteiger charge is -2.52. The molecule has 182 valence electrons. The highest BCUT2D eigenvalue weighted by molar-refractivity contribution is 5.92. The van der Waals surface area contributed by atoms with E-state index < -0.39 is 18.2 Å². The number of hydrogen-bond acceptors (Lipinski definition) is 3. The second-order valence-electron chi connectivity index (χ2n) is 9.37. The molecule has 0 bridgehead atoms. The van der Waals surface area contributed by atoms with E-state index in [1.807, 2.05) is 24.3 Å². The van der Waals surface area contributed by atoms with Crippen LogP contribution < -0.4 is 10.6 Å². The molecule has 0 radical (unpaired) electrons. The average Bonchev–Trinajstić information content (AvgIpc) is 3.27. The molecule has 1 aromatic heterocycles. The predicted molar refractivity (Wildman–Crippen MR) is 123 cm³/mol. The van der Waals surface area contributed by atoms with Gasteiger partial charge in [-0.15, -0.1) is 13.2 Å². The van der Waals surface area contributed by atoms with Gasteiger partial charge in [-0.2, -0.15) is 9.78 Å². The molecule has 1 aliphatic carbocycles. The first-order chi connectivity index (χ1) is 16.6. The van der Waals surface area contributed by atoms with E-state index in [1.165, 1.54) is 17.7 Å². The molecule has 35 heavy (non-hydrogen) atoms. The summed E-state index contributed by atoms with van der Waals surface area (Å²) in [6.07, 6.45) is -1.95. The third kappa shape index (κ3) is 4.60. The Balaban J connectivity index is 1.34. The van der Waals surface area contributed by atoms with Crippen LogP contribution in [0, 0.1) is 11.2 Å². The molecular formula is C26H24F4N4O. The molecule has 1 amide bonds. The van der Waals surface area contributed by atoms with E-state index in [0.29, 0.717) is 11.6 Å². The zero-order chi connectivity index (χ0) is 24.8. The van der Waals surface area contributed by atoms with Crippen molar-refractivity contribution in [1.29, 1.82) is 0 Å². The molecule has 2 heterocycles. The average molecular weight is 484 g/mol. The fourth-order valence-corrected chi connectivity index (χ4v) is 4.83. The molecular weight excluding hydrogens is 460 g/mol. The molecule has 3 aromatic rings. The molecule has 2 fully saturated rings. The Morgan fingerprint density at radius 1 is 1.03 bits per heavy atom. The minimum atomic E-state index is -4.67. The number of halogens is 4. The van der Waals surface area contributed by atoms with E-state index in [2.05, 4.69) is 15.7 Å². The number of benzene rings is 2. The van der Waals surface area contributed by atoms with Crippen LogP contribution in [0.25, 0.3) is 5.57 Å². The van der Waals surface area contributed by atoms with Crippen LogP contribution >= 0.6 is 0 Å². The van der Waals surface area contributed by atoms with Crippen molar-refractivity contribution >= 4 is 11.5 Å². The molecule has 1 spiro atoms. The summed E-state index contributed by atoms with van der Waals surface area (Å²) in [6, 6.07) is 14.8. The van der Waals surface area contributed by atoms with Crippen LogP contribution in [-0.2, 0) is 6.30 Å². The highest BCUT2D eigenvalue weighted by atomic mass is 19.4. The lowest BCUT2D eigenvalue weighted by molar-refractivity contribution is -0.212. The largest absolute Gasteiger partial charge is 0.504 e. The van der Waals surface area contributed by atoms with E-state index in [1.54, 1.807) is 19.1 Å². The van der Waals surface area contributed by atoms with Gasteiger partial charge in [-0.05, 0) is 60.2 Å². The number of nitrogens with one attached hydrogen (secondary N) is 2. The molecule has 5 nitrogen and oxygen atoms in total. The lowest BCUT2D eigenvalue weighted by Crippen LogP contribution is -2.58. The van der Waals surface area contributed by atoms with Gasteiger partial charge >= 0.3 is 6.30 Å². The van der Waals surface area contributed by atoms with Crippen LogP contribution in [0.2, 0.25) is 0 Å².